The predicted octanol–water partition coefficient (Wildman–Crippen LogP) is 5.10. The van der Waals surface area contributed by atoms with Crippen LogP contribution in [0.25, 0.3) is 11.1 Å². The molecule has 5 nitrogen and oxygen atoms in total. The van der Waals surface area contributed by atoms with E-state index in [0.717, 1.165) is 5.56 Å². The average molecular weight is 416 g/mol. The van der Waals surface area contributed by atoms with Crippen LogP contribution in [0.5, 0.6) is 0 Å². The molecular weight excluding hydrogens is 398 g/mol. The fourth-order valence-electron chi connectivity index (χ4n) is 2.93. The molecule has 0 saturated heterocycles. The fourth-order valence-corrected chi connectivity index (χ4v) is 2.93. The summed E-state index contributed by atoms with van der Waals surface area (Å²) >= 11 is 0. The van der Waals surface area contributed by atoms with Crippen molar-refractivity contribution in [2.75, 3.05) is 5.32 Å². The lowest BCUT2D eigenvalue weighted by atomic mass is 10.1. The number of nitrogens with zero attached hydrogens (tertiary/aromatic N) is 2. The zero-order valence-corrected chi connectivity index (χ0v) is 16.3. The van der Waals surface area contributed by atoms with Crippen LogP contribution < -0.4 is 10.6 Å². The van der Waals surface area contributed by atoms with Gasteiger partial charge < -0.3 is 10.6 Å². The maximum absolute atomic E-state index is 13.4. The third kappa shape index (κ3) is 5.27. The highest BCUT2D eigenvalue weighted by Crippen LogP contribution is 2.20. The van der Waals surface area contributed by atoms with Crippen LogP contribution in [0.15, 0.2) is 85.2 Å². The van der Waals surface area contributed by atoms with Gasteiger partial charge in [0.15, 0.2) is 0 Å². The Bertz CT molecular complexity index is 1180. The molecule has 2 N–H and O–H groups in total. The van der Waals surface area contributed by atoms with Gasteiger partial charge in [0, 0.05) is 35.8 Å². The van der Waals surface area contributed by atoms with Crippen molar-refractivity contribution in [3.63, 3.8) is 0 Å². The van der Waals surface area contributed by atoms with E-state index in [1.807, 2.05) is 0 Å². The SMILES string of the molecule is O=C(NCc1ccc(F)cc1)c1ccc(Nc2ncc(-c3cccc(F)c3)cn2)cc1. The summed E-state index contributed by atoms with van der Waals surface area (Å²) in [6.45, 7) is 0.310. The normalized spacial score (nSPS) is 10.5. The molecule has 1 amide bonds. The van der Waals surface area contributed by atoms with Crippen molar-refractivity contribution in [3.05, 3.63) is 108 Å². The highest BCUT2D eigenvalue weighted by atomic mass is 19.1. The summed E-state index contributed by atoms with van der Waals surface area (Å²) in [5.74, 6) is -0.479. The predicted molar refractivity (Wildman–Crippen MR) is 115 cm³/mol. The summed E-state index contributed by atoms with van der Waals surface area (Å²) in [6, 6.07) is 19.1. The maximum atomic E-state index is 13.4. The lowest BCUT2D eigenvalue weighted by Gasteiger charge is -2.08. The number of amides is 1. The number of nitrogens with one attached hydrogen (secondary N) is 2. The Morgan fingerprint density at radius 2 is 1.52 bits per heavy atom. The van der Waals surface area contributed by atoms with Gasteiger partial charge in [-0.15, -0.1) is 0 Å². The van der Waals surface area contributed by atoms with Crippen molar-refractivity contribution in [2.24, 2.45) is 0 Å². The zero-order valence-electron chi connectivity index (χ0n) is 16.3. The lowest BCUT2D eigenvalue weighted by Crippen LogP contribution is -2.22. The molecule has 0 atom stereocenters. The fraction of sp³-hybridized carbons (Fsp3) is 0.0417. The van der Waals surface area contributed by atoms with Gasteiger partial charge in [0.2, 0.25) is 5.95 Å². The topological polar surface area (TPSA) is 66.9 Å². The minimum absolute atomic E-state index is 0.230. The molecule has 0 aliphatic heterocycles. The van der Waals surface area contributed by atoms with E-state index in [1.165, 1.54) is 24.3 Å². The first-order chi connectivity index (χ1) is 15.1. The zero-order chi connectivity index (χ0) is 21.6. The number of aromatic nitrogens is 2. The van der Waals surface area contributed by atoms with Crippen LogP contribution in [0.4, 0.5) is 20.4 Å². The highest BCUT2D eigenvalue weighted by Gasteiger charge is 2.07. The molecule has 4 rings (SSSR count). The van der Waals surface area contributed by atoms with Gasteiger partial charge in [-0.2, -0.15) is 0 Å². The summed E-state index contributed by atoms with van der Waals surface area (Å²) in [4.78, 5) is 20.8. The number of carbonyl (C=O) groups excluding carboxylic acids is 1. The number of rotatable bonds is 6. The Hall–Kier alpha value is -4.13. The van der Waals surface area contributed by atoms with Crippen molar-refractivity contribution in [1.29, 1.82) is 0 Å². The van der Waals surface area contributed by atoms with E-state index in [9.17, 15) is 13.6 Å². The first kappa shape index (κ1) is 20.2. The summed E-state index contributed by atoms with van der Waals surface area (Å²) < 4.78 is 26.3. The number of halogens is 2. The second kappa shape index (κ2) is 9.13. The third-order valence-electron chi connectivity index (χ3n) is 4.58. The minimum Gasteiger partial charge on any atom is -0.348 e. The van der Waals surface area contributed by atoms with Gasteiger partial charge in [-0.05, 0) is 59.7 Å². The molecule has 7 heteroatoms. The molecule has 0 fully saturated rings. The molecule has 31 heavy (non-hydrogen) atoms. The molecule has 0 aliphatic rings. The molecule has 0 unspecified atom stereocenters. The van der Waals surface area contributed by atoms with Gasteiger partial charge >= 0.3 is 0 Å². The van der Waals surface area contributed by atoms with Crippen molar-refractivity contribution in [3.8, 4) is 11.1 Å². The maximum Gasteiger partial charge on any atom is 0.251 e. The Labute approximate surface area is 177 Å². The second-order valence-corrected chi connectivity index (χ2v) is 6.82. The van der Waals surface area contributed by atoms with Crippen LogP contribution in [0, 0.1) is 11.6 Å². The number of carbonyl (C=O) groups is 1. The molecule has 4 aromatic rings. The summed E-state index contributed by atoms with van der Waals surface area (Å²) in [6.07, 6.45) is 3.22. The largest absolute Gasteiger partial charge is 0.348 e. The van der Waals surface area contributed by atoms with Gasteiger partial charge in [-0.3, -0.25) is 4.79 Å². The van der Waals surface area contributed by atoms with E-state index in [1.54, 1.807) is 60.9 Å². The van der Waals surface area contributed by atoms with E-state index < -0.39 is 0 Å². The van der Waals surface area contributed by atoms with Gasteiger partial charge in [0.1, 0.15) is 11.6 Å². The molecular formula is C24H18F2N4O. The van der Waals surface area contributed by atoms with Gasteiger partial charge in [-0.1, -0.05) is 24.3 Å². The Kier molecular flexibility index (Phi) is 5.93. The monoisotopic (exact) mass is 416 g/mol. The Morgan fingerprint density at radius 1 is 0.806 bits per heavy atom. The van der Waals surface area contributed by atoms with Crippen LogP contribution in [0.2, 0.25) is 0 Å². The average Bonchev–Trinajstić information content (AvgIpc) is 2.79. The molecule has 1 heterocycles. The number of hydrogen-bond donors (Lipinski definition) is 2. The number of benzene rings is 3. The molecule has 154 valence electrons. The van der Waals surface area contributed by atoms with E-state index in [0.29, 0.717) is 34.9 Å². The number of anilines is 2. The van der Waals surface area contributed by atoms with Crippen molar-refractivity contribution >= 4 is 17.5 Å². The first-order valence-electron chi connectivity index (χ1n) is 9.54. The van der Waals surface area contributed by atoms with Crippen molar-refractivity contribution < 1.29 is 13.6 Å². The molecule has 0 radical (unpaired) electrons. The van der Waals surface area contributed by atoms with Gasteiger partial charge in [-0.25, -0.2) is 18.7 Å². The van der Waals surface area contributed by atoms with Crippen LogP contribution in [-0.4, -0.2) is 15.9 Å². The van der Waals surface area contributed by atoms with Crippen molar-refractivity contribution in [1.82, 2.24) is 15.3 Å². The van der Waals surface area contributed by atoms with Gasteiger partial charge in [0.05, 0.1) is 0 Å². The molecule has 0 saturated carbocycles. The second-order valence-electron chi connectivity index (χ2n) is 6.82. The molecule has 0 aliphatic carbocycles. The first-order valence-corrected chi connectivity index (χ1v) is 9.54. The van der Waals surface area contributed by atoms with Crippen LogP contribution in [-0.2, 0) is 6.54 Å². The molecule has 0 bridgehead atoms. The van der Waals surface area contributed by atoms with E-state index in [-0.39, 0.29) is 17.5 Å². The van der Waals surface area contributed by atoms with Gasteiger partial charge in [0.25, 0.3) is 5.91 Å². The summed E-state index contributed by atoms with van der Waals surface area (Å²) in [7, 11) is 0. The van der Waals surface area contributed by atoms with E-state index in [4.69, 9.17) is 0 Å². The lowest BCUT2D eigenvalue weighted by molar-refractivity contribution is 0.0951. The molecule has 3 aromatic carbocycles. The van der Waals surface area contributed by atoms with E-state index >= 15 is 0 Å². The number of hydrogen-bond acceptors (Lipinski definition) is 4. The Balaban J connectivity index is 1.35. The molecule has 1 aromatic heterocycles. The van der Waals surface area contributed by atoms with E-state index in [2.05, 4.69) is 20.6 Å². The van der Waals surface area contributed by atoms with Crippen LogP contribution >= 0.6 is 0 Å². The smallest absolute Gasteiger partial charge is 0.251 e. The van der Waals surface area contributed by atoms with Crippen molar-refractivity contribution in [2.45, 2.75) is 6.54 Å². The highest BCUT2D eigenvalue weighted by molar-refractivity contribution is 5.94. The quantitative estimate of drug-likeness (QED) is 0.459. The minimum atomic E-state index is -0.318. The van der Waals surface area contributed by atoms with Crippen LogP contribution in [0.3, 0.4) is 0 Å². The summed E-state index contributed by atoms with van der Waals surface area (Å²) in [5.41, 5.74) is 3.43. The molecule has 0 spiro atoms. The third-order valence-corrected chi connectivity index (χ3v) is 4.58. The van der Waals surface area contributed by atoms with Crippen LogP contribution in [0.1, 0.15) is 15.9 Å². The Morgan fingerprint density at radius 3 is 2.19 bits per heavy atom. The summed E-state index contributed by atoms with van der Waals surface area (Å²) in [5, 5.41) is 5.86. The standard InChI is InChI=1S/C24H18F2N4O/c25-20-8-4-16(5-9-20)13-27-23(31)17-6-10-22(11-7-17)30-24-28-14-19(15-29-24)18-2-1-3-21(26)12-18/h1-12,14-15H,13H2,(H,27,31)(H,28,29,30).